The maximum atomic E-state index is 6.17. The Bertz CT molecular complexity index is 1940. The fourth-order valence-electron chi connectivity index (χ4n) is 7.21. The number of nitrogens with zero attached hydrogens (tertiary/aromatic N) is 6. The summed E-state index contributed by atoms with van der Waals surface area (Å²) in [5, 5.41) is 0. The van der Waals surface area contributed by atoms with E-state index in [0.29, 0.717) is 92.5 Å². The highest BCUT2D eigenvalue weighted by Crippen LogP contribution is 2.31. The summed E-state index contributed by atoms with van der Waals surface area (Å²) in [7, 11) is 0. The van der Waals surface area contributed by atoms with Gasteiger partial charge in [0, 0.05) is 86.3 Å². The Labute approximate surface area is 388 Å². The van der Waals surface area contributed by atoms with Gasteiger partial charge in [-0.2, -0.15) is 0 Å². The number of hydrogen-bond donors (Lipinski definition) is 0. The molecule has 7 rings (SSSR count). The second-order valence-corrected chi connectivity index (χ2v) is 15.4. The average Bonchev–Trinajstić information content (AvgIpc) is 3.37. The molecule has 1 fully saturated rings. The predicted octanol–water partition coefficient (Wildman–Crippen LogP) is 7.11. The van der Waals surface area contributed by atoms with Gasteiger partial charge in [-0.25, -0.2) is 0 Å². The molecule has 0 radical (unpaired) electrons. The van der Waals surface area contributed by atoms with Crippen molar-refractivity contribution in [2.45, 2.75) is 0 Å². The molecule has 0 N–H and O–H groups in total. The molecule has 66 heavy (non-hydrogen) atoms. The minimum Gasteiger partial charge on any atom is -0.491 e. The Balaban J connectivity index is 0.775. The van der Waals surface area contributed by atoms with Crippen LogP contribution in [0.4, 0.5) is 0 Å². The highest BCUT2D eigenvalue weighted by atomic mass is 16.5. The third kappa shape index (κ3) is 17.0. The van der Waals surface area contributed by atoms with Crippen molar-refractivity contribution < 1.29 is 37.9 Å². The summed E-state index contributed by atoms with van der Waals surface area (Å²) in [6, 6.07) is 35.7. The summed E-state index contributed by atoms with van der Waals surface area (Å²) in [4.78, 5) is 22.8. The van der Waals surface area contributed by atoms with Crippen LogP contribution in [0.15, 0.2) is 134 Å². The number of ether oxygens (including phenoxy) is 8. The molecule has 0 spiro atoms. The highest BCUT2D eigenvalue weighted by Gasteiger charge is 2.12. The van der Waals surface area contributed by atoms with E-state index >= 15 is 0 Å². The lowest BCUT2D eigenvalue weighted by Crippen LogP contribution is -2.35. The first kappa shape index (κ1) is 48.3. The van der Waals surface area contributed by atoms with E-state index in [1.165, 1.54) is 0 Å². The molecule has 0 atom stereocenters. The third-order valence-corrected chi connectivity index (χ3v) is 10.7. The summed E-state index contributed by atoms with van der Waals surface area (Å²) in [5.74, 6) is 1.49. The van der Waals surface area contributed by atoms with Gasteiger partial charge in [-0.1, -0.05) is 24.3 Å². The van der Waals surface area contributed by atoms with Gasteiger partial charge in [0.15, 0.2) is 0 Å². The SMILES string of the molecule is c1ccc(-c2cc(OCCOCCN3CCOCCOCCN(CCOCCOc4cc(-c5ccccn5)cc(-c5ccccn5)c4)CCOCCOCC3)cc(-c3ccccn3)c2)nc1. The Kier molecular flexibility index (Phi) is 20.7. The molecule has 1 saturated heterocycles. The summed E-state index contributed by atoms with van der Waals surface area (Å²) in [6.07, 6.45) is 7.17. The molecule has 6 aromatic rings. The molecule has 0 aliphatic carbocycles. The number of hydrogen-bond acceptors (Lipinski definition) is 14. The van der Waals surface area contributed by atoms with Crippen LogP contribution in [0.2, 0.25) is 0 Å². The summed E-state index contributed by atoms with van der Waals surface area (Å²) >= 11 is 0. The molecular formula is C52H62N6O8. The van der Waals surface area contributed by atoms with E-state index in [4.69, 9.17) is 37.9 Å². The molecule has 0 amide bonds. The van der Waals surface area contributed by atoms with Gasteiger partial charge in [-0.05, 0) is 84.9 Å². The second-order valence-electron chi connectivity index (χ2n) is 15.4. The van der Waals surface area contributed by atoms with Crippen molar-refractivity contribution in [3.63, 3.8) is 0 Å². The van der Waals surface area contributed by atoms with Crippen molar-refractivity contribution in [2.24, 2.45) is 0 Å². The number of aromatic nitrogens is 4. The fraction of sp³-hybridized carbons (Fsp3) is 0.385. The molecule has 1 aliphatic rings. The van der Waals surface area contributed by atoms with Gasteiger partial charge in [0.25, 0.3) is 0 Å². The summed E-state index contributed by atoms with van der Waals surface area (Å²) in [5.41, 5.74) is 7.37. The summed E-state index contributed by atoms with van der Waals surface area (Å²) in [6.45, 7) is 11.9. The highest BCUT2D eigenvalue weighted by molar-refractivity contribution is 5.73. The van der Waals surface area contributed by atoms with Crippen molar-refractivity contribution in [3.05, 3.63) is 134 Å². The smallest absolute Gasteiger partial charge is 0.120 e. The monoisotopic (exact) mass is 898 g/mol. The lowest BCUT2D eigenvalue weighted by molar-refractivity contribution is -0.000371. The van der Waals surface area contributed by atoms with E-state index in [2.05, 4.69) is 41.9 Å². The molecule has 5 heterocycles. The van der Waals surface area contributed by atoms with Gasteiger partial charge in [-0.15, -0.1) is 0 Å². The molecule has 348 valence electrons. The van der Waals surface area contributed by atoms with E-state index in [0.717, 1.165) is 95.8 Å². The Morgan fingerprint density at radius 1 is 0.364 bits per heavy atom. The van der Waals surface area contributed by atoms with E-state index in [1.54, 1.807) is 24.8 Å². The van der Waals surface area contributed by atoms with E-state index in [1.807, 2.05) is 97.1 Å². The van der Waals surface area contributed by atoms with Gasteiger partial charge in [0.1, 0.15) is 24.7 Å². The molecule has 0 unspecified atom stereocenters. The van der Waals surface area contributed by atoms with Crippen LogP contribution in [0.1, 0.15) is 0 Å². The van der Waals surface area contributed by atoms with Gasteiger partial charge in [0.2, 0.25) is 0 Å². The van der Waals surface area contributed by atoms with Crippen LogP contribution in [0.5, 0.6) is 11.5 Å². The van der Waals surface area contributed by atoms with Gasteiger partial charge >= 0.3 is 0 Å². The lowest BCUT2D eigenvalue weighted by atomic mass is 10.0. The van der Waals surface area contributed by atoms with Gasteiger partial charge < -0.3 is 37.9 Å². The maximum Gasteiger partial charge on any atom is 0.120 e. The zero-order valence-corrected chi connectivity index (χ0v) is 37.8. The number of benzene rings is 2. The first-order valence-corrected chi connectivity index (χ1v) is 22.9. The molecule has 2 aromatic carbocycles. The van der Waals surface area contributed by atoms with Crippen LogP contribution >= 0.6 is 0 Å². The van der Waals surface area contributed by atoms with Crippen LogP contribution in [-0.4, -0.2) is 162 Å². The van der Waals surface area contributed by atoms with Gasteiger partial charge in [-0.3, -0.25) is 29.7 Å². The van der Waals surface area contributed by atoms with Crippen LogP contribution in [-0.2, 0) is 28.4 Å². The topological polar surface area (TPSA) is 132 Å². The van der Waals surface area contributed by atoms with Crippen molar-refractivity contribution in [1.82, 2.24) is 29.7 Å². The molecule has 0 bridgehead atoms. The minimum atomic E-state index is 0.417. The molecular weight excluding hydrogens is 837 g/mol. The van der Waals surface area contributed by atoms with Crippen LogP contribution in [0, 0.1) is 0 Å². The molecule has 4 aromatic heterocycles. The van der Waals surface area contributed by atoms with E-state index < -0.39 is 0 Å². The number of pyridine rings is 4. The second kappa shape index (κ2) is 28.4. The van der Waals surface area contributed by atoms with Crippen molar-refractivity contribution >= 4 is 0 Å². The zero-order chi connectivity index (χ0) is 45.1. The minimum absolute atomic E-state index is 0.417. The first-order valence-electron chi connectivity index (χ1n) is 22.9. The number of rotatable bonds is 18. The normalized spacial score (nSPS) is 15.4. The molecule has 0 saturated carbocycles. The Hall–Kier alpha value is -5.68. The first-order chi connectivity index (χ1) is 32.8. The largest absolute Gasteiger partial charge is 0.491 e. The third-order valence-electron chi connectivity index (χ3n) is 10.7. The van der Waals surface area contributed by atoms with E-state index in [-0.39, 0.29) is 0 Å². The molecule has 1 aliphatic heterocycles. The van der Waals surface area contributed by atoms with Gasteiger partial charge in [0.05, 0.1) is 102 Å². The van der Waals surface area contributed by atoms with Crippen molar-refractivity contribution in [1.29, 1.82) is 0 Å². The zero-order valence-electron chi connectivity index (χ0n) is 37.8. The quantitative estimate of drug-likeness (QED) is 0.0812. The average molecular weight is 899 g/mol. The molecule has 14 nitrogen and oxygen atoms in total. The van der Waals surface area contributed by atoms with E-state index in [9.17, 15) is 0 Å². The van der Waals surface area contributed by atoms with Crippen LogP contribution in [0.25, 0.3) is 45.0 Å². The van der Waals surface area contributed by atoms with Crippen LogP contribution in [0.3, 0.4) is 0 Å². The fourth-order valence-corrected chi connectivity index (χ4v) is 7.21. The van der Waals surface area contributed by atoms with Crippen molar-refractivity contribution in [3.8, 4) is 56.5 Å². The predicted molar refractivity (Wildman–Crippen MR) is 255 cm³/mol. The molecule has 14 heteroatoms. The lowest BCUT2D eigenvalue weighted by Gasteiger charge is -2.23. The van der Waals surface area contributed by atoms with Crippen LogP contribution < -0.4 is 9.47 Å². The maximum absolute atomic E-state index is 6.17. The standard InChI is InChI=1S/C52H62N6O8/c1-5-13-53-49(9-1)43-37-44(50-10-2-6-14-54-50)40-47(39-43)65-35-33-63-27-21-57-17-23-59-29-31-61-25-19-58(20-26-62-32-30-60-24-18-57)22-28-64-34-36-66-48-41-45(51-11-3-7-15-55-51)38-46(42-48)52-12-4-8-16-56-52/h1-16,37-42H,17-36H2. The Morgan fingerprint density at radius 2 is 0.682 bits per heavy atom. The van der Waals surface area contributed by atoms with Crippen molar-refractivity contribution in [2.75, 3.05) is 132 Å². The summed E-state index contributed by atoms with van der Waals surface area (Å²) < 4.78 is 48.2. The Morgan fingerprint density at radius 3 is 0.970 bits per heavy atom.